The number of amides is 1. The number of carbonyl (C=O) groups excluding carboxylic acids is 1. The molecule has 0 unspecified atom stereocenters. The average Bonchev–Trinajstić information content (AvgIpc) is 2.47. The topological polar surface area (TPSA) is 57.8 Å². The van der Waals surface area contributed by atoms with Crippen LogP contribution < -0.4 is 5.32 Å². The number of nitriles is 1. The van der Waals surface area contributed by atoms with Crippen molar-refractivity contribution < 1.29 is 4.79 Å². The number of carbonyl (C=O) groups is 1. The molecular weight excluding hydrogens is 154 g/mol. The molecule has 1 aromatic heterocycles. The van der Waals surface area contributed by atoms with Gasteiger partial charge in [0.05, 0.1) is 11.6 Å². The molecule has 1 aromatic rings. The summed E-state index contributed by atoms with van der Waals surface area (Å²) in [7, 11) is 1.83. The Balaban J connectivity index is 2.61. The van der Waals surface area contributed by atoms with Crippen LogP contribution in [-0.2, 0) is 7.05 Å². The molecule has 1 N–H and O–H groups in total. The summed E-state index contributed by atoms with van der Waals surface area (Å²) in [5.41, 5.74) is 0.577. The third-order valence-electron chi connectivity index (χ3n) is 1.42. The molecule has 0 radical (unpaired) electrons. The Kier molecular flexibility index (Phi) is 2.49. The molecule has 0 bridgehead atoms. The maximum absolute atomic E-state index is 11.1. The van der Waals surface area contributed by atoms with E-state index in [4.69, 9.17) is 5.26 Å². The monoisotopic (exact) mass is 163 g/mol. The smallest absolute Gasteiger partial charge is 0.253 e. The van der Waals surface area contributed by atoms with Gasteiger partial charge in [-0.2, -0.15) is 5.26 Å². The largest absolute Gasteiger partial charge is 0.356 e. The minimum atomic E-state index is -0.211. The number of hydrogen-bond donors (Lipinski definition) is 1. The van der Waals surface area contributed by atoms with E-state index < -0.39 is 0 Å². The molecule has 1 amide bonds. The van der Waals surface area contributed by atoms with Crippen LogP contribution in [0.2, 0.25) is 0 Å². The third-order valence-corrected chi connectivity index (χ3v) is 1.42. The minimum Gasteiger partial charge on any atom is -0.356 e. The predicted molar refractivity (Wildman–Crippen MR) is 43.4 cm³/mol. The van der Waals surface area contributed by atoms with Crippen molar-refractivity contribution in [2.24, 2.45) is 7.05 Å². The van der Waals surface area contributed by atoms with Crippen LogP contribution in [0.5, 0.6) is 0 Å². The van der Waals surface area contributed by atoms with Gasteiger partial charge in [0.1, 0.15) is 6.54 Å². The van der Waals surface area contributed by atoms with Gasteiger partial charge in [0.25, 0.3) is 5.91 Å². The lowest BCUT2D eigenvalue weighted by molar-refractivity contribution is 0.0958. The molecule has 0 aliphatic heterocycles. The summed E-state index contributed by atoms with van der Waals surface area (Å²) in [5.74, 6) is -0.211. The van der Waals surface area contributed by atoms with Crippen molar-refractivity contribution in [1.82, 2.24) is 9.88 Å². The number of aromatic nitrogens is 1. The van der Waals surface area contributed by atoms with Crippen LogP contribution in [0.4, 0.5) is 0 Å². The second kappa shape index (κ2) is 3.58. The Morgan fingerprint density at radius 1 is 1.83 bits per heavy atom. The molecule has 1 rings (SSSR count). The molecule has 1 heterocycles. The molecule has 12 heavy (non-hydrogen) atoms. The molecule has 0 saturated heterocycles. The lowest BCUT2D eigenvalue weighted by Crippen LogP contribution is -2.22. The Bertz CT molecular complexity index is 321. The summed E-state index contributed by atoms with van der Waals surface area (Å²) in [6.45, 7) is 0.0493. The quantitative estimate of drug-likeness (QED) is 0.636. The summed E-state index contributed by atoms with van der Waals surface area (Å²) >= 11 is 0. The van der Waals surface area contributed by atoms with E-state index in [9.17, 15) is 4.79 Å². The van der Waals surface area contributed by atoms with E-state index in [1.165, 1.54) is 0 Å². The van der Waals surface area contributed by atoms with Gasteiger partial charge in [0, 0.05) is 19.4 Å². The highest BCUT2D eigenvalue weighted by atomic mass is 16.1. The van der Waals surface area contributed by atoms with E-state index in [1.54, 1.807) is 23.0 Å². The zero-order valence-corrected chi connectivity index (χ0v) is 6.74. The summed E-state index contributed by atoms with van der Waals surface area (Å²) in [5, 5.41) is 10.6. The fourth-order valence-electron chi connectivity index (χ4n) is 0.860. The van der Waals surface area contributed by atoms with E-state index in [-0.39, 0.29) is 12.5 Å². The maximum Gasteiger partial charge on any atom is 0.253 e. The van der Waals surface area contributed by atoms with E-state index >= 15 is 0 Å². The van der Waals surface area contributed by atoms with Gasteiger partial charge in [-0.05, 0) is 6.07 Å². The van der Waals surface area contributed by atoms with Crippen LogP contribution >= 0.6 is 0 Å². The minimum absolute atomic E-state index is 0.0493. The van der Waals surface area contributed by atoms with Crippen molar-refractivity contribution in [1.29, 1.82) is 5.26 Å². The van der Waals surface area contributed by atoms with Crippen LogP contribution in [-0.4, -0.2) is 17.0 Å². The molecule has 0 aliphatic carbocycles. The Labute approximate surface area is 70.4 Å². The zero-order valence-electron chi connectivity index (χ0n) is 6.74. The van der Waals surface area contributed by atoms with E-state index in [2.05, 4.69) is 5.32 Å². The van der Waals surface area contributed by atoms with Gasteiger partial charge in [0.2, 0.25) is 0 Å². The highest BCUT2D eigenvalue weighted by Gasteiger charge is 2.04. The highest BCUT2D eigenvalue weighted by Crippen LogP contribution is 1.98. The first-order chi connectivity index (χ1) is 5.74. The Morgan fingerprint density at radius 2 is 2.58 bits per heavy atom. The second-order valence-corrected chi connectivity index (χ2v) is 2.41. The van der Waals surface area contributed by atoms with Crippen molar-refractivity contribution >= 4 is 5.91 Å². The lowest BCUT2D eigenvalue weighted by atomic mass is 10.3. The number of hydrogen-bond acceptors (Lipinski definition) is 2. The van der Waals surface area contributed by atoms with Gasteiger partial charge < -0.3 is 9.88 Å². The maximum atomic E-state index is 11.1. The molecule has 0 fully saturated rings. The average molecular weight is 163 g/mol. The second-order valence-electron chi connectivity index (χ2n) is 2.41. The Morgan fingerprint density at radius 3 is 3.08 bits per heavy atom. The van der Waals surface area contributed by atoms with Crippen molar-refractivity contribution in [3.8, 4) is 6.07 Å². The van der Waals surface area contributed by atoms with E-state index in [0.717, 1.165) is 0 Å². The van der Waals surface area contributed by atoms with Crippen LogP contribution in [0.25, 0.3) is 0 Å². The SMILES string of the molecule is Cn1ccc(C(=O)NCC#N)c1. The molecule has 0 saturated carbocycles. The van der Waals surface area contributed by atoms with Crippen LogP contribution in [0, 0.1) is 11.3 Å². The van der Waals surface area contributed by atoms with Gasteiger partial charge >= 0.3 is 0 Å². The molecule has 0 aromatic carbocycles. The Hall–Kier alpha value is -1.76. The summed E-state index contributed by atoms with van der Waals surface area (Å²) in [6, 6.07) is 3.54. The predicted octanol–water partition coefficient (Wildman–Crippen LogP) is 0.278. The number of nitrogens with zero attached hydrogens (tertiary/aromatic N) is 2. The van der Waals surface area contributed by atoms with Crippen molar-refractivity contribution in [3.63, 3.8) is 0 Å². The lowest BCUT2D eigenvalue weighted by Gasteiger charge is -1.95. The first-order valence-corrected chi connectivity index (χ1v) is 3.51. The normalized spacial score (nSPS) is 9.00. The number of nitrogens with one attached hydrogen (secondary N) is 1. The fourth-order valence-corrected chi connectivity index (χ4v) is 0.860. The van der Waals surface area contributed by atoms with Gasteiger partial charge in [-0.1, -0.05) is 0 Å². The van der Waals surface area contributed by atoms with E-state index in [1.807, 2.05) is 13.1 Å². The highest BCUT2D eigenvalue weighted by molar-refractivity contribution is 5.94. The van der Waals surface area contributed by atoms with Crippen molar-refractivity contribution in [3.05, 3.63) is 24.0 Å². The zero-order chi connectivity index (χ0) is 8.97. The molecule has 0 atom stereocenters. The third kappa shape index (κ3) is 1.86. The fraction of sp³-hybridized carbons (Fsp3) is 0.250. The van der Waals surface area contributed by atoms with Crippen molar-refractivity contribution in [2.45, 2.75) is 0 Å². The molecular formula is C8H9N3O. The molecule has 62 valence electrons. The number of rotatable bonds is 2. The summed E-state index contributed by atoms with van der Waals surface area (Å²) in [6.07, 6.45) is 3.48. The number of aryl methyl sites for hydroxylation is 1. The first kappa shape index (κ1) is 8.34. The van der Waals surface area contributed by atoms with Crippen LogP contribution in [0.15, 0.2) is 18.5 Å². The van der Waals surface area contributed by atoms with Gasteiger partial charge in [0.15, 0.2) is 0 Å². The van der Waals surface area contributed by atoms with Gasteiger partial charge in [-0.3, -0.25) is 4.79 Å². The summed E-state index contributed by atoms with van der Waals surface area (Å²) in [4.78, 5) is 11.1. The summed E-state index contributed by atoms with van der Waals surface area (Å²) < 4.78 is 1.78. The standard InChI is InChI=1S/C8H9N3O/c1-11-5-2-7(6-11)8(12)10-4-3-9/h2,5-6H,4H2,1H3,(H,10,12). The van der Waals surface area contributed by atoms with Gasteiger partial charge in [-0.25, -0.2) is 0 Å². The molecule has 0 spiro atoms. The van der Waals surface area contributed by atoms with Crippen LogP contribution in [0.1, 0.15) is 10.4 Å². The van der Waals surface area contributed by atoms with E-state index in [0.29, 0.717) is 5.56 Å². The molecule has 0 aliphatic rings. The first-order valence-electron chi connectivity index (χ1n) is 3.51. The van der Waals surface area contributed by atoms with Crippen LogP contribution in [0.3, 0.4) is 0 Å². The molecule has 4 nitrogen and oxygen atoms in total. The van der Waals surface area contributed by atoms with Gasteiger partial charge in [-0.15, -0.1) is 0 Å². The van der Waals surface area contributed by atoms with Crippen molar-refractivity contribution in [2.75, 3.05) is 6.54 Å². The molecule has 4 heteroatoms.